The molecule has 0 unspecified atom stereocenters. The molecule has 5 heteroatoms. The Kier molecular flexibility index (Phi) is 5.26. The molecule has 5 nitrogen and oxygen atoms in total. The summed E-state index contributed by atoms with van der Waals surface area (Å²) in [5.74, 6) is 2.44. The first-order valence-electron chi connectivity index (χ1n) is 10.5. The van der Waals surface area contributed by atoms with Crippen molar-refractivity contribution in [2.75, 3.05) is 27.4 Å². The molecule has 0 fully saturated rings. The van der Waals surface area contributed by atoms with Crippen molar-refractivity contribution in [1.82, 2.24) is 9.88 Å². The monoisotopic (exact) mass is 414 g/mol. The van der Waals surface area contributed by atoms with E-state index >= 15 is 0 Å². The molecule has 1 aromatic heterocycles. The molecule has 1 N–H and O–H groups in total. The van der Waals surface area contributed by atoms with Crippen LogP contribution in [-0.4, -0.2) is 37.3 Å². The highest BCUT2D eigenvalue weighted by molar-refractivity contribution is 5.80. The molecule has 158 valence electrons. The van der Waals surface area contributed by atoms with E-state index in [9.17, 15) is 0 Å². The van der Waals surface area contributed by atoms with Crippen LogP contribution in [0.3, 0.4) is 0 Å². The van der Waals surface area contributed by atoms with Gasteiger partial charge in [-0.15, -0.1) is 0 Å². The minimum atomic E-state index is 0.627. The summed E-state index contributed by atoms with van der Waals surface area (Å²) in [6.45, 7) is 3.10. The molecule has 5 rings (SSSR count). The smallest absolute Gasteiger partial charge is 0.165 e. The molecule has 4 aromatic rings. The topological polar surface area (TPSA) is 46.7 Å². The summed E-state index contributed by atoms with van der Waals surface area (Å²) in [6, 6.07) is 23.0. The van der Waals surface area contributed by atoms with Crippen LogP contribution in [0.2, 0.25) is 0 Å². The van der Waals surface area contributed by atoms with Gasteiger partial charge in [-0.3, -0.25) is 4.90 Å². The van der Waals surface area contributed by atoms with E-state index in [0.717, 1.165) is 53.6 Å². The standard InChI is InChI=1S/C26H26N2O3/c1-29-23-8-5-7-18(14-23)20-12-21-16-28(10-11-31-26(21)25(15-20)30-2)17-22-13-19-6-3-4-9-24(19)27-22/h3-9,12-15,27H,10-11,16-17H2,1-2H3. The van der Waals surface area contributed by atoms with E-state index in [-0.39, 0.29) is 0 Å². The van der Waals surface area contributed by atoms with Crippen molar-refractivity contribution in [3.63, 3.8) is 0 Å². The third-order valence-electron chi connectivity index (χ3n) is 5.78. The zero-order chi connectivity index (χ0) is 21.2. The van der Waals surface area contributed by atoms with Crippen LogP contribution < -0.4 is 14.2 Å². The van der Waals surface area contributed by atoms with Crippen molar-refractivity contribution in [3.05, 3.63) is 78.0 Å². The van der Waals surface area contributed by atoms with Crippen molar-refractivity contribution < 1.29 is 14.2 Å². The molecule has 0 bridgehead atoms. The predicted octanol–water partition coefficient (Wildman–Crippen LogP) is 5.25. The summed E-state index contributed by atoms with van der Waals surface area (Å²) < 4.78 is 17.2. The summed E-state index contributed by atoms with van der Waals surface area (Å²) in [5.41, 5.74) is 5.69. The number of methoxy groups -OCH3 is 2. The summed E-state index contributed by atoms with van der Waals surface area (Å²) in [5, 5.41) is 1.24. The van der Waals surface area contributed by atoms with Crippen LogP contribution >= 0.6 is 0 Å². The molecular formula is C26H26N2O3. The SMILES string of the molecule is COc1cccc(-c2cc3c(c(OC)c2)OCCN(Cc2cc4ccccc4[nH]2)C3)c1. The van der Waals surface area contributed by atoms with Gasteiger partial charge in [-0.2, -0.15) is 0 Å². The van der Waals surface area contributed by atoms with Gasteiger partial charge in [0.25, 0.3) is 0 Å². The van der Waals surface area contributed by atoms with Gasteiger partial charge in [0.05, 0.1) is 14.2 Å². The number of benzene rings is 3. The quantitative estimate of drug-likeness (QED) is 0.485. The lowest BCUT2D eigenvalue weighted by Gasteiger charge is -2.19. The van der Waals surface area contributed by atoms with Crippen LogP contribution in [0.5, 0.6) is 17.2 Å². The van der Waals surface area contributed by atoms with Crippen molar-refractivity contribution in [1.29, 1.82) is 0 Å². The fourth-order valence-corrected chi connectivity index (χ4v) is 4.25. The van der Waals surface area contributed by atoms with E-state index in [1.807, 2.05) is 24.3 Å². The van der Waals surface area contributed by atoms with Gasteiger partial charge in [0.15, 0.2) is 11.5 Å². The first kappa shape index (κ1) is 19.5. The normalized spacial score (nSPS) is 14.0. The van der Waals surface area contributed by atoms with Gasteiger partial charge in [0, 0.05) is 36.4 Å². The van der Waals surface area contributed by atoms with Crippen LogP contribution in [0, 0.1) is 0 Å². The van der Waals surface area contributed by atoms with Gasteiger partial charge in [0.2, 0.25) is 0 Å². The van der Waals surface area contributed by atoms with Crippen molar-refractivity contribution in [2.45, 2.75) is 13.1 Å². The zero-order valence-corrected chi connectivity index (χ0v) is 17.9. The number of H-pyrrole nitrogens is 1. The van der Waals surface area contributed by atoms with E-state index in [1.54, 1.807) is 14.2 Å². The lowest BCUT2D eigenvalue weighted by molar-refractivity contribution is 0.215. The average Bonchev–Trinajstić information content (AvgIpc) is 3.10. The number of hydrogen-bond acceptors (Lipinski definition) is 4. The van der Waals surface area contributed by atoms with Gasteiger partial charge in [0.1, 0.15) is 12.4 Å². The molecule has 0 radical (unpaired) electrons. The number of para-hydroxylation sites is 1. The molecule has 1 aliphatic rings. The third kappa shape index (κ3) is 3.97. The molecule has 0 amide bonds. The van der Waals surface area contributed by atoms with Crippen LogP contribution in [0.1, 0.15) is 11.3 Å². The maximum absolute atomic E-state index is 6.13. The second-order valence-corrected chi connectivity index (χ2v) is 7.84. The van der Waals surface area contributed by atoms with Gasteiger partial charge in [-0.1, -0.05) is 30.3 Å². The van der Waals surface area contributed by atoms with E-state index in [0.29, 0.717) is 6.61 Å². The summed E-state index contributed by atoms with van der Waals surface area (Å²) >= 11 is 0. The number of fused-ring (bicyclic) bond motifs is 2. The minimum absolute atomic E-state index is 0.627. The molecule has 2 heterocycles. The molecular weight excluding hydrogens is 388 g/mol. The highest BCUT2D eigenvalue weighted by atomic mass is 16.5. The molecule has 3 aromatic carbocycles. The Labute approximate surface area is 182 Å². The Balaban J connectivity index is 1.46. The number of rotatable bonds is 5. The Bertz CT molecular complexity index is 1180. The molecule has 0 spiro atoms. The van der Waals surface area contributed by atoms with Crippen molar-refractivity contribution >= 4 is 10.9 Å². The largest absolute Gasteiger partial charge is 0.497 e. The maximum atomic E-state index is 6.13. The van der Waals surface area contributed by atoms with Gasteiger partial charge < -0.3 is 19.2 Å². The number of hydrogen-bond donors (Lipinski definition) is 1. The molecule has 0 atom stereocenters. The summed E-state index contributed by atoms with van der Waals surface area (Å²) in [4.78, 5) is 5.95. The maximum Gasteiger partial charge on any atom is 0.165 e. The number of aromatic amines is 1. The Hall–Kier alpha value is -3.44. The number of ether oxygens (including phenoxy) is 3. The summed E-state index contributed by atoms with van der Waals surface area (Å²) in [7, 11) is 3.38. The molecule has 1 aliphatic heterocycles. The van der Waals surface area contributed by atoms with Gasteiger partial charge in [-0.25, -0.2) is 0 Å². The van der Waals surface area contributed by atoms with E-state index in [1.165, 1.54) is 16.6 Å². The van der Waals surface area contributed by atoms with Gasteiger partial charge >= 0.3 is 0 Å². The third-order valence-corrected chi connectivity index (χ3v) is 5.78. The molecule has 0 saturated heterocycles. The Morgan fingerprint density at radius 3 is 2.68 bits per heavy atom. The van der Waals surface area contributed by atoms with Crippen molar-refractivity contribution in [3.8, 4) is 28.4 Å². The van der Waals surface area contributed by atoms with Crippen LogP contribution in [0.15, 0.2) is 66.7 Å². The van der Waals surface area contributed by atoms with Crippen LogP contribution in [0.4, 0.5) is 0 Å². The molecule has 31 heavy (non-hydrogen) atoms. The lowest BCUT2D eigenvalue weighted by Crippen LogP contribution is -2.25. The predicted molar refractivity (Wildman–Crippen MR) is 123 cm³/mol. The molecule has 0 saturated carbocycles. The Morgan fingerprint density at radius 2 is 1.84 bits per heavy atom. The number of aromatic nitrogens is 1. The number of nitrogens with one attached hydrogen (secondary N) is 1. The van der Waals surface area contributed by atoms with Crippen LogP contribution in [-0.2, 0) is 13.1 Å². The van der Waals surface area contributed by atoms with E-state index in [2.05, 4.69) is 52.3 Å². The molecule has 0 aliphatic carbocycles. The number of nitrogens with zero attached hydrogens (tertiary/aromatic N) is 1. The van der Waals surface area contributed by atoms with E-state index in [4.69, 9.17) is 14.2 Å². The zero-order valence-electron chi connectivity index (χ0n) is 17.9. The first-order chi connectivity index (χ1) is 15.2. The second-order valence-electron chi connectivity index (χ2n) is 7.84. The highest BCUT2D eigenvalue weighted by Gasteiger charge is 2.21. The first-order valence-corrected chi connectivity index (χ1v) is 10.5. The fraction of sp³-hybridized carbons (Fsp3) is 0.231. The van der Waals surface area contributed by atoms with E-state index < -0.39 is 0 Å². The second kappa shape index (κ2) is 8.36. The van der Waals surface area contributed by atoms with Crippen molar-refractivity contribution in [2.24, 2.45) is 0 Å². The lowest BCUT2D eigenvalue weighted by atomic mass is 10.0. The summed E-state index contributed by atoms with van der Waals surface area (Å²) in [6.07, 6.45) is 0. The minimum Gasteiger partial charge on any atom is -0.497 e. The fourth-order valence-electron chi connectivity index (χ4n) is 4.25. The highest BCUT2D eigenvalue weighted by Crippen LogP contribution is 2.39. The average molecular weight is 415 g/mol. The van der Waals surface area contributed by atoms with Gasteiger partial charge in [-0.05, 0) is 52.9 Å². The van der Waals surface area contributed by atoms with Crippen LogP contribution in [0.25, 0.3) is 22.0 Å². The Morgan fingerprint density at radius 1 is 0.935 bits per heavy atom.